The van der Waals surface area contributed by atoms with Gasteiger partial charge in [0, 0.05) is 18.6 Å². The van der Waals surface area contributed by atoms with Crippen molar-refractivity contribution in [2.24, 2.45) is 0 Å². The van der Waals surface area contributed by atoms with Gasteiger partial charge in [-0.3, -0.25) is 0 Å². The molecule has 1 heteroatoms. The zero-order valence-electron chi connectivity index (χ0n) is 11.1. The second kappa shape index (κ2) is 7.05. The molecule has 0 aliphatic carbocycles. The summed E-state index contributed by atoms with van der Waals surface area (Å²) < 4.78 is 0. The number of rotatable bonds is 0. The molecule has 0 saturated heterocycles. The van der Waals surface area contributed by atoms with Crippen molar-refractivity contribution in [3.63, 3.8) is 0 Å². The van der Waals surface area contributed by atoms with Crippen molar-refractivity contribution in [3.8, 4) is 0 Å². The molecule has 97 valence electrons. The average Bonchev–Trinajstić information content (AvgIpc) is 2.88. The first kappa shape index (κ1) is 14.5. The Balaban J connectivity index is 0.000000180. The van der Waals surface area contributed by atoms with Gasteiger partial charge in [0.05, 0.1) is 0 Å². The maximum Gasteiger partial charge on any atom is 0 e. The van der Waals surface area contributed by atoms with Gasteiger partial charge in [0.25, 0.3) is 0 Å². The van der Waals surface area contributed by atoms with Crippen molar-refractivity contribution in [3.05, 3.63) is 91.0 Å². The first-order valence-corrected chi connectivity index (χ1v) is 6.48. The molecule has 0 saturated carbocycles. The number of hydrogen-bond donors (Lipinski definition) is 0. The normalized spacial score (nSPS) is 9.60. The molecular formula is C19H15V-. The van der Waals surface area contributed by atoms with Gasteiger partial charge < -0.3 is 0 Å². The molecule has 4 aromatic rings. The summed E-state index contributed by atoms with van der Waals surface area (Å²) in [5.41, 5.74) is 0. The van der Waals surface area contributed by atoms with Crippen LogP contribution in [0.4, 0.5) is 0 Å². The van der Waals surface area contributed by atoms with Gasteiger partial charge in [0.2, 0.25) is 0 Å². The largest absolute Gasteiger partial charge is 0.126 e. The van der Waals surface area contributed by atoms with E-state index in [0.717, 1.165) is 0 Å². The first-order valence-electron chi connectivity index (χ1n) is 6.48. The molecule has 0 aliphatic heterocycles. The van der Waals surface area contributed by atoms with Gasteiger partial charge in [-0.05, 0) is 0 Å². The molecule has 0 spiro atoms. The Kier molecular flexibility index (Phi) is 5.12. The van der Waals surface area contributed by atoms with Crippen LogP contribution in [0.2, 0.25) is 0 Å². The van der Waals surface area contributed by atoms with Crippen molar-refractivity contribution >= 4 is 21.5 Å². The molecule has 4 rings (SSSR count). The topological polar surface area (TPSA) is 0 Å². The van der Waals surface area contributed by atoms with E-state index in [1.165, 1.54) is 21.5 Å². The smallest absolute Gasteiger partial charge is 0 e. The summed E-state index contributed by atoms with van der Waals surface area (Å²) in [4.78, 5) is 0. The van der Waals surface area contributed by atoms with E-state index in [4.69, 9.17) is 0 Å². The molecule has 0 nitrogen and oxygen atoms in total. The standard InChI is InChI=1S/C13H9.C6H6.V/c1-3-7-12-10(5-1)9-11-6-2-4-8-13(11)12;1-2-4-6-5-3-1;/h1-9H;1-6H;/q-1;;. The van der Waals surface area contributed by atoms with Crippen LogP contribution in [0.25, 0.3) is 21.5 Å². The summed E-state index contributed by atoms with van der Waals surface area (Å²) in [6, 6.07) is 31.3. The maximum absolute atomic E-state index is 2.24. The Hall–Kier alpha value is -1.89. The van der Waals surface area contributed by atoms with Gasteiger partial charge in [0.1, 0.15) is 0 Å². The van der Waals surface area contributed by atoms with Crippen molar-refractivity contribution in [2.45, 2.75) is 0 Å². The zero-order valence-corrected chi connectivity index (χ0v) is 12.5. The van der Waals surface area contributed by atoms with Crippen LogP contribution in [0, 0.1) is 0 Å². The summed E-state index contributed by atoms with van der Waals surface area (Å²) in [5.74, 6) is 0. The molecule has 0 aliphatic rings. The Bertz CT molecular complexity index is 692. The third-order valence-electron chi connectivity index (χ3n) is 3.19. The molecule has 0 atom stereocenters. The van der Waals surface area contributed by atoms with E-state index >= 15 is 0 Å². The predicted molar refractivity (Wildman–Crippen MR) is 83.5 cm³/mol. The Morgan fingerprint density at radius 3 is 1.20 bits per heavy atom. The van der Waals surface area contributed by atoms with Crippen molar-refractivity contribution < 1.29 is 18.6 Å². The monoisotopic (exact) mass is 294 g/mol. The third kappa shape index (κ3) is 3.16. The van der Waals surface area contributed by atoms with E-state index in [0.29, 0.717) is 0 Å². The predicted octanol–water partition coefficient (Wildman–Crippen LogP) is 5.40. The second-order valence-electron chi connectivity index (χ2n) is 4.47. The van der Waals surface area contributed by atoms with Gasteiger partial charge in [-0.15, -0.1) is 39.7 Å². The van der Waals surface area contributed by atoms with Crippen LogP contribution in [-0.4, -0.2) is 0 Å². The Labute approximate surface area is 131 Å². The van der Waals surface area contributed by atoms with E-state index < -0.39 is 0 Å². The van der Waals surface area contributed by atoms with Crippen LogP contribution in [0.1, 0.15) is 0 Å². The number of hydrogen-bond acceptors (Lipinski definition) is 0. The fourth-order valence-electron chi connectivity index (χ4n) is 2.29. The summed E-state index contributed by atoms with van der Waals surface area (Å²) in [7, 11) is 0. The van der Waals surface area contributed by atoms with E-state index in [-0.39, 0.29) is 18.6 Å². The Morgan fingerprint density at radius 1 is 0.450 bits per heavy atom. The van der Waals surface area contributed by atoms with Crippen molar-refractivity contribution in [1.82, 2.24) is 0 Å². The molecule has 0 aromatic heterocycles. The maximum atomic E-state index is 2.24. The summed E-state index contributed by atoms with van der Waals surface area (Å²) >= 11 is 0. The molecule has 20 heavy (non-hydrogen) atoms. The molecule has 0 amide bonds. The molecular weight excluding hydrogens is 279 g/mol. The van der Waals surface area contributed by atoms with Crippen LogP contribution >= 0.6 is 0 Å². The second-order valence-corrected chi connectivity index (χ2v) is 4.47. The van der Waals surface area contributed by atoms with Gasteiger partial charge in [-0.25, -0.2) is 0 Å². The van der Waals surface area contributed by atoms with Crippen LogP contribution < -0.4 is 0 Å². The average molecular weight is 294 g/mol. The molecule has 0 unspecified atom stereocenters. The fraction of sp³-hybridized carbons (Fsp3) is 0. The first-order chi connectivity index (χ1) is 9.45. The van der Waals surface area contributed by atoms with Gasteiger partial charge in [-0.1, -0.05) is 72.8 Å². The van der Waals surface area contributed by atoms with E-state index in [9.17, 15) is 0 Å². The third-order valence-corrected chi connectivity index (χ3v) is 3.19. The molecule has 0 fully saturated rings. The fourth-order valence-corrected chi connectivity index (χ4v) is 2.29. The van der Waals surface area contributed by atoms with E-state index in [1.54, 1.807) is 0 Å². The van der Waals surface area contributed by atoms with Crippen molar-refractivity contribution in [2.75, 3.05) is 0 Å². The zero-order chi connectivity index (χ0) is 12.9. The molecule has 0 heterocycles. The van der Waals surface area contributed by atoms with Crippen LogP contribution in [0.5, 0.6) is 0 Å². The van der Waals surface area contributed by atoms with E-state index in [2.05, 4.69) is 54.6 Å². The summed E-state index contributed by atoms with van der Waals surface area (Å²) in [6.45, 7) is 0. The minimum atomic E-state index is 0. The van der Waals surface area contributed by atoms with Crippen molar-refractivity contribution in [1.29, 1.82) is 0 Å². The minimum Gasteiger partial charge on any atom is -0.126 e. The molecule has 0 N–H and O–H groups in total. The van der Waals surface area contributed by atoms with Crippen LogP contribution in [0.15, 0.2) is 91.0 Å². The number of fused-ring (bicyclic) bond motifs is 3. The SMILES string of the molecule is [V].c1ccc2c(c1)[cH-]c1ccccc12.c1ccccc1. The van der Waals surface area contributed by atoms with Gasteiger partial charge >= 0.3 is 0 Å². The molecule has 0 bridgehead atoms. The van der Waals surface area contributed by atoms with Crippen LogP contribution in [0.3, 0.4) is 0 Å². The number of benzene rings is 3. The summed E-state index contributed by atoms with van der Waals surface area (Å²) in [6.07, 6.45) is 0. The Morgan fingerprint density at radius 2 is 0.800 bits per heavy atom. The summed E-state index contributed by atoms with van der Waals surface area (Å²) in [5, 5.41) is 5.39. The van der Waals surface area contributed by atoms with Gasteiger partial charge in [0.15, 0.2) is 0 Å². The quantitative estimate of drug-likeness (QED) is 0.381. The minimum absolute atomic E-state index is 0. The molecule has 4 aromatic carbocycles. The van der Waals surface area contributed by atoms with Gasteiger partial charge in [-0.2, -0.15) is 0 Å². The van der Waals surface area contributed by atoms with Crippen LogP contribution in [-0.2, 0) is 18.6 Å². The molecule has 1 radical (unpaired) electrons. The van der Waals surface area contributed by atoms with E-state index in [1.807, 2.05) is 36.4 Å².